The van der Waals surface area contributed by atoms with Crippen LogP contribution in [0.15, 0.2) is 11.1 Å². The monoisotopic (exact) mass is 394 g/mol. The molecule has 0 aromatic heterocycles. The number of hydrogen-bond acceptors (Lipinski definition) is 6. The predicted octanol–water partition coefficient (Wildman–Crippen LogP) is 3.76. The summed E-state index contributed by atoms with van der Waals surface area (Å²) in [5.74, 6) is -2.31. The van der Waals surface area contributed by atoms with E-state index < -0.39 is 17.9 Å². The molecular formula is C22H34O6. The van der Waals surface area contributed by atoms with Gasteiger partial charge >= 0.3 is 11.9 Å². The Bertz CT molecular complexity index is 605. The number of hydrogen-bond donors (Lipinski definition) is 0. The first-order valence-electron chi connectivity index (χ1n) is 10.6. The third kappa shape index (κ3) is 4.83. The molecule has 28 heavy (non-hydrogen) atoms. The molecule has 0 N–H and O–H groups in total. The van der Waals surface area contributed by atoms with Crippen molar-refractivity contribution in [3.63, 3.8) is 0 Å². The van der Waals surface area contributed by atoms with E-state index in [1.54, 1.807) is 13.8 Å². The molecule has 1 saturated carbocycles. The molecule has 0 unspecified atom stereocenters. The number of fused-ring (bicyclic) bond motifs is 1. The number of ether oxygens (including phenoxy) is 3. The van der Waals surface area contributed by atoms with Gasteiger partial charge in [-0.3, -0.25) is 14.4 Å². The van der Waals surface area contributed by atoms with Crippen molar-refractivity contribution in [2.75, 3.05) is 19.8 Å². The molecule has 0 bridgehead atoms. The largest absolute Gasteiger partial charge is 0.465 e. The summed E-state index contributed by atoms with van der Waals surface area (Å²) in [7, 11) is 0. The Kier molecular flexibility index (Phi) is 8.23. The van der Waals surface area contributed by atoms with E-state index in [9.17, 15) is 14.4 Å². The molecule has 6 heteroatoms. The fourth-order valence-electron chi connectivity index (χ4n) is 4.40. The van der Waals surface area contributed by atoms with Crippen LogP contribution in [0.2, 0.25) is 0 Å². The van der Waals surface area contributed by atoms with Gasteiger partial charge in [0.05, 0.1) is 19.3 Å². The van der Waals surface area contributed by atoms with E-state index in [1.807, 2.05) is 0 Å². The molecule has 158 valence electrons. The van der Waals surface area contributed by atoms with E-state index in [1.165, 1.54) is 0 Å². The fourth-order valence-corrected chi connectivity index (χ4v) is 4.40. The SMILES string of the molecule is CCCCO[C@H]1CCC2=C(CC(C(=O)OCC)C(=O)OCC)C(=O)CC[C@@]21C. The highest BCUT2D eigenvalue weighted by molar-refractivity contribution is 6.01. The summed E-state index contributed by atoms with van der Waals surface area (Å²) in [5.41, 5.74) is 1.47. The van der Waals surface area contributed by atoms with Crippen molar-refractivity contribution in [3.05, 3.63) is 11.1 Å². The average molecular weight is 395 g/mol. The molecule has 0 radical (unpaired) electrons. The number of carbonyl (C=O) groups excluding carboxylic acids is 3. The zero-order chi connectivity index (χ0) is 20.7. The van der Waals surface area contributed by atoms with Gasteiger partial charge in [-0.1, -0.05) is 25.8 Å². The molecule has 0 spiro atoms. The molecule has 2 aliphatic carbocycles. The number of rotatable bonds is 10. The van der Waals surface area contributed by atoms with E-state index >= 15 is 0 Å². The third-order valence-corrected chi connectivity index (χ3v) is 6.00. The first-order chi connectivity index (χ1) is 13.4. The van der Waals surface area contributed by atoms with E-state index in [-0.39, 0.29) is 36.9 Å². The Morgan fingerprint density at radius 3 is 2.32 bits per heavy atom. The maximum atomic E-state index is 12.7. The molecule has 0 saturated heterocycles. The summed E-state index contributed by atoms with van der Waals surface area (Å²) in [6.07, 6.45) is 5.06. The van der Waals surface area contributed by atoms with E-state index in [0.29, 0.717) is 12.0 Å². The molecule has 2 rings (SSSR count). The zero-order valence-electron chi connectivity index (χ0n) is 17.7. The Balaban J connectivity index is 2.28. The summed E-state index contributed by atoms with van der Waals surface area (Å²) in [6.45, 7) is 8.76. The minimum absolute atomic E-state index is 0.0280. The van der Waals surface area contributed by atoms with Crippen LogP contribution >= 0.6 is 0 Å². The Hall–Kier alpha value is -1.69. The lowest BCUT2D eigenvalue weighted by Gasteiger charge is -2.37. The van der Waals surface area contributed by atoms with Crippen molar-refractivity contribution in [3.8, 4) is 0 Å². The second kappa shape index (κ2) is 10.2. The lowest BCUT2D eigenvalue weighted by atomic mass is 9.70. The Morgan fingerprint density at radius 1 is 1.11 bits per heavy atom. The molecule has 6 nitrogen and oxygen atoms in total. The number of allylic oxidation sites excluding steroid dienone is 1. The van der Waals surface area contributed by atoms with Crippen LogP contribution in [0.3, 0.4) is 0 Å². The highest BCUT2D eigenvalue weighted by Crippen LogP contribution is 2.52. The molecule has 0 amide bonds. The molecule has 0 aromatic carbocycles. The number of ketones is 1. The first-order valence-corrected chi connectivity index (χ1v) is 10.6. The van der Waals surface area contributed by atoms with Gasteiger partial charge in [0.25, 0.3) is 0 Å². The van der Waals surface area contributed by atoms with Gasteiger partial charge in [0.15, 0.2) is 11.7 Å². The van der Waals surface area contributed by atoms with Crippen LogP contribution in [0.5, 0.6) is 0 Å². The summed E-state index contributed by atoms with van der Waals surface area (Å²) in [6, 6.07) is 0. The third-order valence-electron chi connectivity index (χ3n) is 6.00. The van der Waals surface area contributed by atoms with Crippen LogP contribution in [0.1, 0.15) is 72.6 Å². The maximum absolute atomic E-state index is 12.7. The summed E-state index contributed by atoms with van der Waals surface area (Å²) < 4.78 is 16.3. The minimum Gasteiger partial charge on any atom is -0.465 e. The van der Waals surface area contributed by atoms with Gasteiger partial charge in [-0.15, -0.1) is 0 Å². The van der Waals surface area contributed by atoms with Crippen LogP contribution in [0, 0.1) is 11.3 Å². The van der Waals surface area contributed by atoms with Crippen molar-refractivity contribution in [2.24, 2.45) is 11.3 Å². The number of esters is 2. The van der Waals surface area contributed by atoms with Gasteiger partial charge in [-0.05, 0) is 51.5 Å². The molecule has 0 aromatic rings. The standard InChI is InChI=1S/C22H34O6/c1-5-8-13-28-19-10-9-17-15(18(23)11-12-22(17,19)4)14-16(20(24)26-6-2)21(25)27-7-3/h16,19H,5-14H2,1-4H3/t19-,22-/m0/s1. The van der Waals surface area contributed by atoms with Crippen LogP contribution in [-0.4, -0.2) is 43.6 Å². The minimum atomic E-state index is -1.09. The summed E-state index contributed by atoms with van der Waals surface area (Å²) in [4.78, 5) is 37.5. The maximum Gasteiger partial charge on any atom is 0.320 e. The number of unbranched alkanes of at least 4 members (excludes halogenated alkanes) is 1. The normalized spacial score (nSPS) is 24.5. The van der Waals surface area contributed by atoms with Crippen molar-refractivity contribution in [1.82, 2.24) is 0 Å². The second-order valence-electron chi connectivity index (χ2n) is 7.81. The van der Waals surface area contributed by atoms with Gasteiger partial charge in [-0.2, -0.15) is 0 Å². The Morgan fingerprint density at radius 2 is 1.75 bits per heavy atom. The molecule has 0 heterocycles. The van der Waals surface area contributed by atoms with Gasteiger partial charge in [0, 0.05) is 18.4 Å². The zero-order valence-corrected chi connectivity index (χ0v) is 17.7. The van der Waals surface area contributed by atoms with Crippen molar-refractivity contribution < 1.29 is 28.6 Å². The van der Waals surface area contributed by atoms with Gasteiger partial charge in [0.1, 0.15) is 0 Å². The van der Waals surface area contributed by atoms with E-state index in [4.69, 9.17) is 14.2 Å². The molecular weight excluding hydrogens is 360 g/mol. The Labute approximate surface area is 168 Å². The average Bonchev–Trinajstić information content (AvgIpc) is 2.99. The predicted molar refractivity (Wildman–Crippen MR) is 105 cm³/mol. The highest BCUT2D eigenvalue weighted by Gasteiger charge is 2.49. The van der Waals surface area contributed by atoms with Crippen LogP contribution in [0.25, 0.3) is 0 Å². The highest BCUT2D eigenvalue weighted by atomic mass is 16.6. The molecule has 2 atom stereocenters. The number of carbonyl (C=O) groups is 3. The molecule has 0 aliphatic heterocycles. The smallest absolute Gasteiger partial charge is 0.320 e. The summed E-state index contributed by atoms with van der Waals surface area (Å²) in [5, 5.41) is 0. The van der Waals surface area contributed by atoms with E-state index in [2.05, 4.69) is 13.8 Å². The van der Waals surface area contributed by atoms with Gasteiger partial charge in [-0.25, -0.2) is 0 Å². The molecule has 1 fully saturated rings. The van der Waals surface area contributed by atoms with Crippen LogP contribution in [-0.2, 0) is 28.6 Å². The fraction of sp³-hybridized carbons (Fsp3) is 0.773. The van der Waals surface area contributed by atoms with Crippen molar-refractivity contribution in [2.45, 2.75) is 78.7 Å². The first kappa shape index (κ1) is 22.6. The van der Waals surface area contributed by atoms with Crippen LogP contribution < -0.4 is 0 Å². The van der Waals surface area contributed by atoms with Gasteiger partial charge < -0.3 is 14.2 Å². The topological polar surface area (TPSA) is 78.9 Å². The second-order valence-corrected chi connectivity index (χ2v) is 7.81. The van der Waals surface area contributed by atoms with Crippen molar-refractivity contribution >= 4 is 17.7 Å². The van der Waals surface area contributed by atoms with Gasteiger partial charge in [0.2, 0.25) is 0 Å². The number of Topliss-reactive ketones (excluding diaryl/α,β-unsaturated/α-hetero) is 1. The summed E-state index contributed by atoms with van der Waals surface area (Å²) >= 11 is 0. The van der Waals surface area contributed by atoms with Crippen LogP contribution in [0.4, 0.5) is 0 Å². The lowest BCUT2D eigenvalue weighted by molar-refractivity contribution is -0.161. The lowest BCUT2D eigenvalue weighted by Crippen LogP contribution is -2.37. The van der Waals surface area contributed by atoms with E-state index in [0.717, 1.165) is 44.3 Å². The quantitative estimate of drug-likeness (QED) is 0.319. The molecule has 2 aliphatic rings. The van der Waals surface area contributed by atoms with Crippen molar-refractivity contribution in [1.29, 1.82) is 0 Å².